The average molecular weight is 921 g/mol. The third kappa shape index (κ3) is 45.9. The molecule has 0 rings (SSSR count). The van der Waals surface area contributed by atoms with E-state index in [0.29, 0.717) is 32.0 Å². The Bertz CT molecular complexity index is 1020. The minimum atomic E-state index is -0.0382. The molecule has 0 aliphatic rings. The average Bonchev–Trinajstić information content (AvgIpc) is 3.28. The zero-order valence-corrected chi connectivity index (χ0v) is 44.7. The topological polar surface area (TPSA) is 82.1 Å². The highest BCUT2D eigenvalue weighted by molar-refractivity contribution is 5.72. The van der Waals surface area contributed by atoms with E-state index in [9.17, 15) is 14.4 Å². The highest BCUT2D eigenvalue weighted by Gasteiger charge is 2.20. The summed E-state index contributed by atoms with van der Waals surface area (Å²) in [4.78, 5) is 40.6. The summed E-state index contributed by atoms with van der Waals surface area (Å²) in [6.07, 6.45) is 49.6. The molecule has 0 spiro atoms. The van der Waals surface area contributed by atoms with Crippen LogP contribution in [-0.4, -0.2) is 62.8 Å². The van der Waals surface area contributed by atoms with Crippen LogP contribution in [0.3, 0.4) is 0 Å². The molecule has 3 atom stereocenters. The van der Waals surface area contributed by atoms with Crippen LogP contribution in [0.25, 0.3) is 0 Å². The lowest BCUT2D eigenvalue weighted by atomic mass is 9.91. The third-order valence-electron chi connectivity index (χ3n) is 13.7. The quantitative estimate of drug-likeness (QED) is 0.0341. The standard InChI is InChI=1S/C58H113NO6/c1-7-11-15-19-27-34-43-53(42-33-17-13-9-3)52-57(61)63-50-39-31-25-21-23-29-37-46-55(65-56(60)48-41-49-59(5)6)47-38-30-24-22-26-32-40-51-64-58(62)54(44-35-18-14-10-4)45-36-28-20-16-12-8-2/h53-55H,7-52H2,1-6H3. The van der Waals surface area contributed by atoms with Gasteiger partial charge >= 0.3 is 17.9 Å². The molecule has 386 valence electrons. The summed E-state index contributed by atoms with van der Waals surface area (Å²) in [7, 11) is 4.09. The number of carbonyl (C=O) groups excluding carboxylic acids is 3. The molecule has 0 aromatic heterocycles. The lowest BCUT2D eigenvalue weighted by Gasteiger charge is -2.18. The Labute approximate surface area is 405 Å². The molecule has 0 aliphatic heterocycles. The van der Waals surface area contributed by atoms with Gasteiger partial charge in [-0.1, -0.05) is 220 Å². The largest absolute Gasteiger partial charge is 0.466 e. The number of carbonyl (C=O) groups is 3. The second kappa shape index (κ2) is 50.3. The minimum absolute atomic E-state index is 0.0193. The van der Waals surface area contributed by atoms with Crippen LogP contribution in [0.1, 0.15) is 304 Å². The van der Waals surface area contributed by atoms with Gasteiger partial charge in [-0.3, -0.25) is 14.4 Å². The summed E-state index contributed by atoms with van der Waals surface area (Å²) in [6.45, 7) is 11.1. The van der Waals surface area contributed by atoms with Gasteiger partial charge in [0.1, 0.15) is 6.10 Å². The van der Waals surface area contributed by atoms with Crippen molar-refractivity contribution >= 4 is 17.9 Å². The van der Waals surface area contributed by atoms with Crippen molar-refractivity contribution in [3.8, 4) is 0 Å². The Hall–Kier alpha value is -1.63. The molecule has 0 radical (unpaired) electrons. The maximum Gasteiger partial charge on any atom is 0.308 e. The number of unbranched alkanes of at least 4 members (excludes halogenated alkanes) is 28. The molecule has 0 amide bonds. The second-order valence-electron chi connectivity index (χ2n) is 20.5. The van der Waals surface area contributed by atoms with Gasteiger partial charge in [-0.2, -0.15) is 0 Å². The lowest BCUT2D eigenvalue weighted by molar-refractivity contribution is -0.150. The first kappa shape index (κ1) is 63.4. The number of rotatable bonds is 52. The van der Waals surface area contributed by atoms with Gasteiger partial charge in [0.15, 0.2) is 0 Å². The van der Waals surface area contributed by atoms with E-state index in [1.165, 1.54) is 180 Å². The van der Waals surface area contributed by atoms with E-state index in [2.05, 4.69) is 32.6 Å². The van der Waals surface area contributed by atoms with Crippen molar-refractivity contribution in [1.82, 2.24) is 4.90 Å². The summed E-state index contributed by atoms with van der Waals surface area (Å²) in [5.74, 6) is 0.618. The maximum atomic E-state index is 13.0. The molecule has 65 heavy (non-hydrogen) atoms. The van der Waals surface area contributed by atoms with Gasteiger partial charge in [0.25, 0.3) is 0 Å². The van der Waals surface area contributed by atoms with Crippen LogP contribution in [0, 0.1) is 11.8 Å². The van der Waals surface area contributed by atoms with Gasteiger partial charge in [-0.25, -0.2) is 0 Å². The molecule has 0 saturated heterocycles. The normalized spacial score (nSPS) is 13.0. The minimum Gasteiger partial charge on any atom is -0.466 e. The molecule has 3 unspecified atom stereocenters. The molecule has 0 N–H and O–H groups in total. The SMILES string of the molecule is CCCCCCCCC(CCCCCC)CC(=O)OCCCCCCCCCC(CCCCCCCCCOC(=O)C(CCCCCC)CCCCCCCC)OC(=O)CCCN(C)C. The van der Waals surface area contributed by atoms with Gasteiger partial charge in [-0.15, -0.1) is 0 Å². The van der Waals surface area contributed by atoms with Crippen molar-refractivity contribution in [2.45, 2.75) is 310 Å². The molecule has 0 heterocycles. The first-order valence-electron chi connectivity index (χ1n) is 28.9. The molecule has 7 heteroatoms. The van der Waals surface area contributed by atoms with Crippen LogP contribution in [0.5, 0.6) is 0 Å². The summed E-state index contributed by atoms with van der Waals surface area (Å²) in [5.41, 5.74) is 0. The van der Waals surface area contributed by atoms with E-state index in [0.717, 1.165) is 90.0 Å². The summed E-state index contributed by atoms with van der Waals surface area (Å²) in [6, 6.07) is 0. The van der Waals surface area contributed by atoms with E-state index >= 15 is 0 Å². The highest BCUT2D eigenvalue weighted by Crippen LogP contribution is 2.24. The molecule has 0 aliphatic carbocycles. The number of ether oxygens (including phenoxy) is 3. The first-order chi connectivity index (χ1) is 31.8. The fraction of sp³-hybridized carbons (Fsp3) is 0.948. The van der Waals surface area contributed by atoms with Gasteiger partial charge in [0.05, 0.1) is 19.1 Å². The van der Waals surface area contributed by atoms with Crippen LogP contribution in [0.4, 0.5) is 0 Å². The number of nitrogens with zero attached hydrogens (tertiary/aromatic N) is 1. The molecule has 0 bridgehead atoms. The van der Waals surface area contributed by atoms with E-state index in [1.54, 1.807) is 0 Å². The van der Waals surface area contributed by atoms with Crippen LogP contribution in [0.15, 0.2) is 0 Å². The van der Waals surface area contributed by atoms with Crippen molar-refractivity contribution in [2.75, 3.05) is 33.9 Å². The fourth-order valence-corrected chi connectivity index (χ4v) is 9.32. The Kier molecular flexibility index (Phi) is 49.0. The van der Waals surface area contributed by atoms with E-state index in [-0.39, 0.29) is 29.9 Å². The molecule has 0 aromatic carbocycles. The van der Waals surface area contributed by atoms with Crippen LogP contribution < -0.4 is 0 Å². The Morgan fingerprint density at radius 3 is 1.17 bits per heavy atom. The smallest absolute Gasteiger partial charge is 0.308 e. The second-order valence-corrected chi connectivity index (χ2v) is 20.5. The van der Waals surface area contributed by atoms with Crippen molar-refractivity contribution < 1.29 is 28.6 Å². The Morgan fingerprint density at radius 2 is 0.738 bits per heavy atom. The van der Waals surface area contributed by atoms with Crippen LogP contribution in [-0.2, 0) is 28.6 Å². The molecular weight excluding hydrogens is 807 g/mol. The van der Waals surface area contributed by atoms with Crippen molar-refractivity contribution in [1.29, 1.82) is 0 Å². The van der Waals surface area contributed by atoms with Gasteiger partial charge in [0.2, 0.25) is 0 Å². The summed E-state index contributed by atoms with van der Waals surface area (Å²) < 4.78 is 17.6. The van der Waals surface area contributed by atoms with Crippen LogP contribution in [0.2, 0.25) is 0 Å². The summed E-state index contributed by atoms with van der Waals surface area (Å²) in [5, 5.41) is 0. The van der Waals surface area contributed by atoms with E-state index < -0.39 is 0 Å². The number of hydrogen-bond acceptors (Lipinski definition) is 7. The third-order valence-corrected chi connectivity index (χ3v) is 13.7. The maximum absolute atomic E-state index is 13.0. The van der Waals surface area contributed by atoms with Crippen molar-refractivity contribution in [3.05, 3.63) is 0 Å². The lowest BCUT2D eigenvalue weighted by Crippen LogP contribution is -2.20. The Balaban J connectivity index is 4.38. The first-order valence-corrected chi connectivity index (χ1v) is 28.9. The summed E-state index contributed by atoms with van der Waals surface area (Å²) >= 11 is 0. The Morgan fingerprint density at radius 1 is 0.385 bits per heavy atom. The van der Waals surface area contributed by atoms with E-state index in [4.69, 9.17) is 14.2 Å². The van der Waals surface area contributed by atoms with Crippen molar-refractivity contribution in [2.24, 2.45) is 11.8 Å². The van der Waals surface area contributed by atoms with Crippen molar-refractivity contribution in [3.63, 3.8) is 0 Å². The van der Waals surface area contributed by atoms with Crippen LogP contribution >= 0.6 is 0 Å². The zero-order valence-electron chi connectivity index (χ0n) is 44.7. The predicted molar refractivity (Wildman–Crippen MR) is 279 cm³/mol. The van der Waals surface area contributed by atoms with E-state index in [1.807, 2.05) is 14.1 Å². The molecule has 0 fully saturated rings. The van der Waals surface area contributed by atoms with Gasteiger partial charge in [0, 0.05) is 12.8 Å². The van der Waals surface area contributed by atoms with Gasteiger partial charge in [-0.05, 0) is 97.2 Å². The zero-order chi connectivity index (χ0) is 47.7. The molecule has 0 saturated carbocycles. The highest BCUT2D eigenvalue weighted by atomic mass is 16.5. The van der Waals surface area contributed by atoms with Gasteiger partial charge < -0.3 is 19.1 Å². The number of hydrogen-bond donors (Lipinski definition) is 0. The predicted octanol–water partition coefficient (Wildman–Crippen LogP) is 17.6. The molecule has 7 nitrogen and oxygen atoms in total. The molecular formula is C58H113NO6. The monoisotopic (exact) mass is 920 g/mol. The molecule has 0 aromatic rings. The fourth-order valence-electron chi connectivity index (χ4n) is 9.32. The number of esters is 3.